The lowest BCUT2D eigenvalue weighted by molar-refractivity contribution is -0.117. The van der Waals surface area contributed by atoms with Crippen molar-refractivity contribution >= 4 is 11.7 Å². The van der Waals surface area contributed by atoms with Crippen LogP contribution < -0.4 is 5.32 Å². The van der Waals surface area contributed by atoms with Crippen LogP contribution in [0.4, 0.5) is 5.82 Å². The fourth-order valence-electron chi connectivity index (χ4n) is 2.10. The lowest BCUT2D eigenvalue weighted by Gasteiger charge is -2.01. The number of rotatable bonds is 3. The van der Waals surface area contributed by atoms with E-state index in [2.05, 4.69) is 27.6 Å². The number of nitrogens with zero attached hydrogens (tertiary/aromatic N) is 1. The standard InChI is InChI=1S/C13H13N3O/c17-13(15-12-6-7-14-16-12)11-8-10(11)9-4-2-1-3-5-9/h1-7,10-11H,8H2,(H2,14,15,16,17)/t10-,11+/m0/s1. The molecule has 86 valence electrons. The van der Waals surface area contributed by atoms with Crippen LogP contribution in [0.25, 0.3) is 0 Å². The number of hydrogen-bond acceptors (Lipinski definition) is 2. The van der Waals surface area contributed by atoms with Gasteiger partial charge in [-0.15, -0.1) is 0 Å². The van der Waals surface area contributed by atoms with Crippen molar-refractivity contribution in [1.82, 2.24) is 10.2 Å². The molecule has 1 fully saturated rings. The maximum absolute atomic E-state index is 11.9. The normalized spacial score (nSPS) is 22.1. The molecule has 1 heterocycles. The summed E-state index contributed by atoms with van der Waals surface area (Å²) in [7, 11) is 0. The van der Waals surface area contributed by atoms with Crippen LogP contribution in [-0.4, -0.2) is 16.1 Å². The van der Waals surface area contributed by atoms with Crippen molar-refractivity contribution in [2.45, 2.75) is 12.3 Å². The van der Waals surface area contributed by atoms with Crippen LogP contribution in [0.1, 0.15) is 17.9 Å². The molecule has 2 N–H and O–H groups in total. The highest BCUT2D eigenvalue weighted by molar-refractivity contribution is 5.94. The number of carbonyl (C=O) groups is 1. The molecule has 4 nitrogen and oxygen atoms in total. The van der Waals surface area contributed by atoms with Gasteiger partial charge in [-0.05, 0) is 17.9 Å². The highest BCUT2D eigenvalue weighted by atomic mass is 16.2. The van der Waals surface area contributed by atoms with E-state index in [1.807, 2.05) is 18.2 Å². The summed E-state index contributed by atoms with van der Waals surface area (Å²) in [4.78, 5) is 11.9. The number of benzene rings is 1. The van der Waals surface area contributed by atoms with Crippen LogP contribution in [0.15, 0.2) is 42.6 Å². The van der Waals surface area contributed by atoms with Crippen molar-refractivity contribution in [1.29, 1.82) is 0 Å². The molecule has 1 aliphatic rings. The van der Waals surface area contributed by atoms with Crippen molar-refractivity contribution < 1.29 is 4.79 Å². The molecule has 1 aliphatic carbocycles. The Kier molecular flexibility index (Phi) is 2.40. The number of aromatic amines is 1. The highest BCUT2D eigenvalue weighted by Crippen LogP contribution is 2.47. The first kappa shape index (κ1) is 10.1. The second kappa shape index (κ2) is 4.05. The molecule has 1 aromatic carbocycles. The van der Waals surface area contributed by atoms with Gasteiger partial charge in [0.05, 0.1) is 6.20 Å². The summed E-state index contributed by atoms with van der Waals surface area (Å²) in [5, 5.41) is 9.34. The largest absolute Gasteiger partial charge is 0.311 e. The number of aromatic nitrogens is 2. The van der Waals surface area contributed by atoms with Gasteiger partial charge in [0.2, 0.25) is 5.91 Å². The van der Waals surface area contributed by atoms with Gasteiger partial charge in [-0.1, -0.05) is 30.3 Å². The Morgan fingerprint density at radius 2 is 2.12 bits per heavy atom. The second-order valence-corrected chi connectivity index (χ2v) is 4.32. The minimum absolute atomic E-state index is 0.0723. The van der Waals surface area contributed by atoms with Crippen LogP contribution in [-0.2, 0) is 4.79 Å². The maximum Gasteiger partial charge on any atom is 0.229 e. The smallest absolute Gasteiger partial charge is 0.229 e. The second-order valence-electron chi connectivity index (χ2n) is 4.32. The number of H-pyrrole nitrogens is 1. The van der Waals surface area contributed by atoms with E-state index in [1.54, 1.807) is 12.3 Å². The molecule has 1 saturated carbocycles. The number of hydrogen-bond donors (Lipinski definition) is 2. The van der Waals surface area contributed by atoms with Gasteiger partial charge in [0.1, 0.15) is 5.82 Å². The summed E-state index contributed by atoms with van der Waals surface area (Å²) in [6.07, 6.45) is 2.56. The summed E-state index contributed by atoms with van der Waals surface area (Å²) >= 11 is 0. The minimum Gasteiger partial charge on any atom is -0.311 e. The van der Waals surface area contributed by atoms with E-state index in [1.165, 1.54) is 5.56 Å². The third kappa shape index (κ3) is 2.06. The molecule has 1 aromatic heterocycles. The minimum atomic E-state index is 0.0723. The van der Waals surface area contributed by atoms with Gasteiger partial charge >= 0.3 is 0 Å². The highest BCUT2D eigenvalue weighted by Gasteiger charge is 2.43. The molecule has 0 unspecified atom stereocenters. The lowest BCUT2D eigenvalue weighted by Crippen LogP contribution is -2.14. The topological polar surface area (TPSA) is 57.8 Å². The van der Waals surface area contributed by atoms with Crippen LogP contribution >= 0.6 is 0 Å². The average molecular weight is 227 g/mol. The zero-order chi connectivity index (χ0) is 11.7. The number of carbonyl (C=O) groups excluding carboxylic acids is 1. The van der Waals surface area contributed by atoms with Crippen molar-refractivity contribution in [2.75, 3.05) is 5.32 Å². The number of nitrogens with one attached hydrogen (secondary N) is 2. The molecule has 4 heteroatoms. The first-order valence-corrected chi connectivity index (χ1v) is 5.70. The Morgan fingerprint density at radius 1 is 1.29 bits per heavy atom. The Hall–Kier alpha value is -2.10. The van der Waals surface area contributed by atoms with Crippen LogP contribution in [0.5, 0.6) is 0 Å². The van der Waals surface area contributed by atoms with Gasteiger partial charge in [-0.25, -0.2) is 0 Å². The average Bonchev–Trinajstić information content (AvgIpc) is 3.02. The molecular formula is C13H13N3O. The molecule has 0 saturated heterocycles. The SMILES string of the molecule is O=C(Nc1ccn[nH]1)[C@@H]1C[C@H]1c1ccccc1. The molecule has 2 atom stereocenters. The number of anilines is 1. The molecule has 17 heavy (non-hydrogen) atoms. The number of amides is 1. The molecule has 3 rings (SSSR count). The Balaban J connectivity index is 1.63. The molecule has 0 aliphatic heterocycles. The van der Waals surface area contributed by atoms with E-state index >= 15 is 0 Å². The third-order valence-corrected chi connectivity index (χ3v) is 3.11. The van der Waals surface area contributed by atoms with E-state index in [4.69, 9.17) is 0 Å². The van der Waals surface area contributed by atoms with Crippen molar-refractivity contribution in [3.8, 4) is 0 Å². The maximum atomic E-state index is 11.9. The van der Waals surface area contributed by atoms with Crippen molar-refractivity contribution in [3.63, 3.8) is 0 Å². The Morgan fingerprint density at radius 3 is 2.82 bits per heavy atom. The van der Waals surface area contributed by atoms with E-state index in [0.29, 0.717) is 11.7 Å². The predicted molar refractivity (Wildman–Crippen MR) is 64.5 cm³/mol. The van der Waals surface area contributed by atoms with Gasteiger partial charge < -0.3 is 5.32 Å². The van der Waals surface area contributed by atoms with Crippen LogP contribution in [0, 0.1) is 5.92 Å². The van der Waals surface area contributed by atoms with Gasteiger partial charge in [0, 0.05) is 12.0 Å². The fraction of sp³-hybridized carbons (Fsp3) is 0.231. The summed E-state index contributed by atoms with van der Waals surface area (Å²) < 4.78 is 0. The van der Waals surface area contributed by atoms with Crippen LogP contribution in [0.3, 0.4) is 0 Å². The molecular weight excluding hydrogens is 214 g/mol. The summed E-state index contributed by atoms with van der Waals surface area (Å²) in [6.45, 7) is 0. The van der Waals surface area contributed by atoms with E-state index in [9.17, 15) is 4.79 Å². The van der Waals surface area contributed by atoms with Gasteiger partial charge in [-0.3, -0.25) is 9.89 Å². The van der Waals surface area contributed by atoms with Crippen molar-refractivity contribution in [2.24, 2.45) is 5.92 Å². The zero-order valence-corrected chi connectivity index (χ0v) is 9.26. The summed E-state index contributed by atoms with van der Waals surface area (Å²) in [6, 6.07) is 11.9. The zero-order valence-electron chi connectivity index (χ0n) is 9.26. The predicted octanol–water partition coefficient (Wildman–Crippen LogP) is 2.15. The summed E-state index contributed by atoms with van der Waals surface area (Å²) in [5.41, 5.74) is 1.25. The van der Waals surface area contributed by atoms with Gasteiger partial charge in [0.15, 0.2) is 0 Å². The Labute approximate surface area is 99.1 Å². The molecule has 1 amide bonds. The monoisotopic (exact) mass is 227 g/mol. The fourth-order valence-corrected chi connectivity index (χ4v) is 2.10. The molecule has 0 spiro atoms. The van der Waals surface area contributed by atoms with E-state index in [0.717, 1.165) is 6.42 Å². The lowest BCUT2D eigenvalue weighted by atomic mass is 10.1. The third-order valence-electron chi connectivity index (χ3n) is 3.11. The van der Waals surface area contributed by atoms with Crippen molar-refractivity contribution in [3.05, 3.63) is 48.2 Å². The first-order chi connectivity index (χ1) is 8.34. The van der Waals surface area contributed by atoms with E-state index in [-0.39, 0.29) is 11.8 Å². The first-order valence-electron chi connectivity index (χ1n) is 5.70. The van der Waals surface area contributed by atoms with Crippen LogP contribution in [0.2, 0.25) is 0 Å². The quantitative estimate of drug-likeness (QED) is 0.844. The van der Waals surface area contributed by atoms with E-state index < -0.39 is 0 Å². The molecule has 2 aromatic rings. The van der Waals surface area contributed by atoms with Gasteiger partial charge in [-0.2, -0.15) is 5.10 Å². The Bertz CT molecular complexity index is 507. The summed E-state index contributed by atoms with van der Waals surface area (Å²) in [5.74, 6) is 1.21. The molecule has 0 radical (unpaired) electrons. The van der Waals surface area contributed by atoms with Gasteiger partial charge in [0.25, 0.3) is 0 Å². The molecule has 0 bridgehead atoms.